The SMILES string of the molecule is COc1ccc(OC)c(S(=O)(=O)N[C@H](CC(C)C)C(=O)N2CCCCC2)c1. The molecular weight excluding hydrogens is 368 g/mol. The summed E-state index contributed by atoms with van der Waals surface area (Å²) in [6.45, 7) is 5.29. The molecule has 1 heterocycles. The van der Waals surface area contributed by atoms with Crippen LogP contribution in [0.4, 0.5) is 0 Å². The fraction of sp³-hybridized carbons (Fsp3) is 0.632. The van der Waals surface area contributed by atoms with Crippen LogP contribution in [-0.4, -0.2) is 52.6 Å². The molecular formula is C19H30N2O5S. The smallest absolute Gasteiger partial charge is 0.245 e. The Balaban J connectivity index is 2.31. The number of amides is 1. The monoisotopic (exact) mass is 398 g/mol. The van der Waals surface area contributed by atoms with E-state index in [1.807, 2.05) is 13.8 Å². The van der Waals surface area contributed by atoms with Crippen molar-refractivity contribution in [1.29, 1.82) is 0 Å². The number of hydrogen-bond donors (Lipinski definition) is 1. The molecule has 0 aliphatic carbocycles. The van der Waals surface area contributed by atoms with Crippen molar-refractivity contribution in [3.63, 3.8) is 0 Å². The van der Waals surface area contributed by atoms with Crippen LogP contribution in [0.5, 0.6) is 11.5 Å². The fourth-order valence-electron chi connectivity index (χ4n) is 3.25. The summed E-state index contributed by atoms with van der Waals surface area (Å²) in [5, 5.41) is 0. The lowest BCUT2D eigenvalue weighted by atomic mass is 10.0. The second kappa shape index (κ2) is 9.41. The molecule has 0 unspecified atom stereocenters. The summed E-state index contributed by atoms with van der Waals surface area (Å²) in [5.74, 6) is 0.614. The van der Waals surface area contributed by atoms with E-state index in [9.17, 15) is 13.2 Å². The molecule has 1 N–H and O–H groups in total. The second-order valence-electron chi connectivity index (χ2n) is 7.21. The molecule has 1 aliphatic heterocycles. The van der Waals surface area contributed by atoms with Crippen LogP contribution in [0.15, 0.2) is 23.1 Å². The first-order valence-electron chi connectivity index (χ1n) is 9.31. The largest absolute Gasteiger partial charge is 0.497 e. The first kappa shape index (κ1) is 21.5. The normalized spacial score (nSPS) is 16.3. The summed E-state index contributed by atoms with van der Waals surface area (Å²) >= 11 is 0. The molecule has 0 spiro atoms. The molecule has 1 fully saturated rings. The molecule has 152 valence electrons. The van der Waals surface area contributed by atoms with E-state index in [2.05, 4.69) is 4.72 Å². The molecule has 1 aromatic carbocycles. The molecule has 7 nitrogen and oxygen atoms in total. The maximum absolute atomic E-state index is 13.0. The highest BCUT2D eigenvalue weighted by molar-refractivity contribution is 7.89. The Morgan fingerprint density at radius 2 is 1.81 bits per heavy atom. The van der Waals surface area contributed by atoms with E-state index in [1.54, 1.807) is 11.0 Å². The summed E-state index contributed by atoms with van der Waals surface area (Å²) in [7, 11) is -1.09. The number of carbonyl (C=O) groups excluding carboxylic acids is 1. The lowest BCUT2D eigenvalue weighted by molar-refractivity contribution is -0.134. The van der Waals surface area contributed by atoms with Gasteiger partial charge in [-0.3, -0.25) is 4.79 Å². The second-order valence-corrected chi connectivity index (χ2v) is 8.89. The summed E-state index contributed by atoms with van der Waals surface area (Å²) in [6, 6.07) is 3.77. The number of ether oxygens (including phenoxy) is 2. The van der Waals surface area contributed by atoms with Crippen molar-refractivity contribution in [1.82, 2.24) is 9.62 Å². The molecule has 0 radical (unpaired) electrons. The number of benzene rings is 1. The van der Waals surface area contributed by atoms with Crippen LogP contribution in [-0.2, 0) is 14.8 Å². The Morgan fingerprint density at radius 1 is 1.15 bits per heavy atom. The maximum atomic E-state index is 13.0. The van der Waals surface area contributed by atoms with Gasteiger partial charge in [-0.05, 0) is 43.7 Å². The standard InChI is InChI=1S/C19H30N2O5S/c1-14(2)12-16(19(22)21-10-6-5-7-11-21)20-27(23,24)18-13-15(25-3)8-9-17(18)26-4/h8-9,13-14,16,20H,5-7,10-12H2,1-4H3/t16-/m1/s1. The summed E-state index contributed by atoms with van der Waals surface area (Å²) in [5.41, 5.74) is 0. The summed E-state index contributed by atoms with van der Waals surface area (Å²) in [6.07, 6.45) is 3.44. The van der Waals surface area contributed by atoms with Crippen molar-refractivity contribution in [2.75, 3.05) is 27.3 Å². The van der Waals surface area contributed by atoms with Gasteiger partial charge in [0, 0.05) is 19.2 Å². The highest BCUT2D eigenvalue weighted by Gasteiger charge is 2.32. The molecule has 1 atom stereocenters. The van der Waals surface area contributed by atoms with Crippen molar-refractivity contribution in [2.45, 2.75) is 50.5 Å². The number of nitrogens with one attached hydrogen (secondary N) is 1. The van der Waals surface area contributed by atoms with Crippen molar-refractivity contribution < 1.29 is 22.7 Å². The summed E-state index contributed by atoms with van der Waals surface area (Å²) in [4.78, 5) is 14.7. The van der Waals surface area contributed by atoms with Crippen LogP contribution < -0.4 is 14.2 Å². The molecule has 0 aromatic heterocycles. The van der Waals surface area contributed by atoms with Gasteiger partial charge < -0.3 is 14.4 Å². The first-order chi connectivity index (χ1) is 12.8. The van der Waals surface area contributed by atoms with E-state index >= 15 is 0 Å². The predicted octanol–water partition coefficient (Wildman–Crippen LogP) is 2.41. The van der Waals surface area contributed by atoms with Crippen LogP contribution in [0.1, 0.15) is 39.5 Å². The van der Waals surface area contributed by atoms with Crippen molar-refractivity contribution >= 4 is 15.9 Å². The Kier molecular flexibility index (Phi) is 7.49. The average molecular weight is 399 g/mol. The predicted molar refractivity (Wildman–Crippen MR) is 104 cm³/mol. The minimum atomic E-state index is -3.97. The number of piperidine rings is 1. The molecule has 1 aromatic rings. The molecule has 8 heteroatoms. The van der Waals surface area contributed by atoms with Gasteiger partial charge in [0.05, 0.1) is 14.2 Å². The van der Waals surface area contributed by atoms with E-state index in [-0.39, 0.29) is 22.5 Å². The van der Waals surface area contributed by atoms with Gasteiger partial charge in [-0.15, -0.1) is 0 Å². The van der Waals surface area contributed by atoms with E-state index < -0.39 is 16.1 Å². The zero-order valence-electron chi connectivity index (χ0n) is 16.5. The number of methoxy groups -OCH3 is 2. The molecule has 1 saturated heterocycles. The Bertz CT molecular complexity index is 742. The third-order valence-electron chi connectivity index (χ3n) is 4.63. The van der Waals surface area contributed by atoms with E-state index in [1.165, 1.54) is 26.4 Å². The van der Waals surface area contributed by atoms with Gasteiger partial charge in [-0.1, -0.05) is 13.8 Å². The molecule has 0 saturated carbocycles. The maximum Gasteiger partial charge on any atom is 0.245 e. The van der Waals surface area contributed by atoms with Gasteiger partial charge in [0.25, 0.3) is 0 Å². The van der Waals surface area contributed by atoms with Crippen molar-refractivity contribution in [3.8, 4) is 11.5 Å². The van der Waals surface area contributed by atoms with Gasteiger partial charge in [0.1, 0.15) is 22.4 Å². The van der Waals surface area contributed by atoms with E-state index in [0.29, 0.717) is 25.3 Å². The molecule has 27 heavy (non-hydrogen) atoms. The van der Waals surface area contributed by atoms with Crippen LogP contribution >= 0.6 is 0 Å². The van der Waals surface area contributed by atoms with Crippen LogP contribution in [0.2, 0.25) is 0 Å². The van der Waals surface area contributed by atoms with Gasteiger partial charge in [-0.2, -0.15) is 4.72 Å². The molecule has 2 rings (SSSR count). The zero-order valence-corrected chi connectivity index (χ0v) is 17.3. The minimum absolute atomic E-state index is 0.0375. The lowest BCUT2D eigenvalue weighted by Crippen LogP contribution is -2.50. The Morgan fingerprint density at radius 3 is 2.37 bits per heavy atom. The highest BCUT2D eigenvalue weighted by atomic mass is 32.2. The van der Waals surface area contributed by atoms with Gasteiger partial charge >= 0.3 is 0 Å². The zero-order chi connectivity index (χ0) is 20.0. The van der Waals surface area contributed by atoms with Gasteiger partial charge in [0.2, 0.25) is 15.9 Å². The van der Waals surface area contributed by atoms with E-state index in [4.69, 9.17) is 9.47 Å². The highest BCUT2D eigenvalue weighted by Crippen LogP contribution is 2.28. The van der Waals surface area contributed by atoms with Crippen molar-refractivity contribution in [2.24, 2.45) is 5.92 Å². The van der Waals surface area contributed by atoms with Crippen LogP contribution in [0.3, 0.4) is 0 Å². The minimum Gasteiger partial charge on any atom is -0.497 e. The third-order valence-corrected chi connectivity index (χ3v) is 6.12. The fourth-order valence-corrected chi connectivity index (χ4v) is 4.64. The Labute approximate surface area is 162 Å². The van der Waals surface area contributed by atoms with Gasteiger partial charge in [0.15, 0.2) is 0 Å². The molecule has 0 bridgehead atoms. The van der Waals surface area contributed by atoms with Crippen LogP contribution in [0, 0.1) is 5.92 Å². The number of rotatable bonds is 8. The van der Waals surface area contributed by atoms with E-state index in [0.717, 1.165) is 19.3 Å². The third kappa shape index (κ3) is 5.59. The Hall–Kier alpha value is -1.80. The first-order valence-corrected chi connectivity index (χ1v) is 10.8. The number of sulfonamides is 1. The van der Waals surface area contributed by atoms with Crippen molar-refractivity contribution in [3.05, 3.63) is 18.2 Å². The number of hydrogen-bond acceptors (Lipinski definition) is 5. The topological polar surface area (TPSA) is 84.9 Å². The number of nitrogens with zero attached hydrogens (tertiary/aromatic N) is 1. The average Bonchev–Trinajstić information content (AvgIpc) is 2.66. The van der Waals surface area contributed by atoms with Crippen LogP contribution in [0.25, 0.3) is 0 Å². The number of carbonyl (C=O) groups is 1. The number of likely N-dealkylation sites (tertiary alicyclic amines) is 1. The quantitative estimate of drug-likeness (QED) is 0.727. The lowest BCUT2D eigenvalue weighted by Gasteiger charge is -2.31. The summed E-state index contributed by atoms with van der Waals surface area (Å²) < 4.78 is 39.0. The molecule has 1 amide bonds. The molecule has 1 aliphatic rings. The van der Waals surface area contributed by atoms with Gasteiger partial charge in [-0.25, -0.2) is 8.42 Å².